The quantitative estimate of drug-likeness (QED) is 0.858. The van der Waals surface area contributed by atoms with Crippen molar-refractivity contribution in [1.82, 2.24) is 9.97 Å². The Bertz CT molecular complexity index is 491. The van der Waals surface area contributed by atoms with Crippen molar-refractivity contribution >= 4 is 23.4 Å². The molecule has 1 saturated heterocycles. The molecule has 1 aliphatic rings. The van der Waals surface area contributed by atoms with Crippen LogP contribution in [0.1, 0.15) is 6.92 Å². The summed E-state index contributed by atoms with van der Waals surface area (Å²) in [6.07, 6.45) is 1.47. The van der Waals surface area contributed by atoms with Gasteiger partial charge in [0, 0.05) is 0 Å². The number of hydrogen-bond donors (Lipinski definition) is 1. The number of carboxylic acids is 1. The lowest BCUT2D eigenvalue weighted by Crippen LogP contribution is -2.62. The van der Waals surface area contributed by atoms with Gasteiger partial charge in [-0.2, -0.15) is 4.98 Å². The molecule has 2 rings (SSSR count). The molecule has 1 aliphatic heterocycles. The first-order valence-corrected chi connectivity index (χ1v) is 5.98. The van der Waals surface area contributed by atoms with Gasteiger partial charge in [0.25, 0.3) is 0 Å². The van der Waals surface area contributed by atoms with Crippen LogP contribution in [0.4, 0.5) is 5.82 Å². The van der Waals surface area contributed by atoms with Crippen LogP contribution in [0.15, 0.2) is 6.20 Å². The predicted molar refractivity (Wildman–Crippen MR) is 67.8 cm³/mol. The summed E-state index contributed by atoms with van der Waals surface area (Å²) in [7, 11) is 1.48. The smallest absolute Gasteiger partial charge is 0.329 e. The molecule has 0 aliphatic carbocycles. The highest BCUT2D eigenvalue weighted by Gasteiger charge is 2.41. The minimum Gasteiger partial charge on any atom is -0.480 e. The Kier molecular flexibility index (Phi) is 3.77. The first-order chi connectivity index (χ1) is 8.93. The second-order valence-corrected chi connectivity index (χ2v) is 4.92. The lowest BCUT2D eigenvalue weighted by Gasteiger charge is -2.48. The topological polar surface area (TPSA) is 84.8 Å². The summed E-state index contributed by atoms with van der Waals surface area (Å²) in [5, 5.41) is 9.01. The van der Waals surface area contributed by atoms with Crippen molar-refractivity contribution in [2.24, 2.45) is 0 Å². The Morgan fingerprint density at radius 1 is 1.63 bits per heavy atom. The molecule has 104 valence electrons. The van der Waals surface area contributed by atoms with Crippen LogP contribution in [0.2, 0.25) is 5.02 Å². The molecule has 1 N–H and O–H groups in total. The first kappa shape index (κ1) is 13.8. The van der Waals surface area contributed by atoms with Crippen LogP contribution in [-0.2, 0) is 9.53 Å². The first-order valence-electron chi connectivity index (χ1n) is 5.61. The lowest BCUT2D eigenvalue weighted by molar-refractivity contribution is -0.150. The molecule has 1 aromatic rings. The molecular weight excluding hydrogens is 274 g/mol. The summed E-state index contributed by atoms with van der Waals surface area (Å²) in [5.41, 5.74) is -0.500. The van der Waals surface area contributed by atoms with E-state index in [1.807, 2.05) is 11.8 Å². The van der Waals surface area contributed by atoms with Gasteiger partial charge in [0.1, 0.15) is 17.2 Å². The van der Waals surface area contributed by atoms with E-state index in [1.54, 1.807) is 0 Å². The summed E-state index contributed by atoms with van der Waals surface area (Å²) in [6, 6.07) is 0.236. The van der Waals surface area contributed by atoms with Gasteiger partial charge < -0.3 is 19.5 Å². The van der Waals surface area contributed by atoms with Gasteiger partial charge in [-0.3, -0.25) is 0 Å². The number of aliphatic carboxylic acids is 1. The average Bonchev–Trinajstić information content (AvgIpc) is 2.34. The molecule has 0 bridgehead atoms. The zero-order valence-corrected chi connectivity index (χ0v) is 11.3. The Morgan fingerprint density at radius 3 is 2.89 bits per heavy atom. The zero-order valence-electron chi connectivity index (χ0n) is 10.6. The molecule has 0 aromatic carbocycles. The average molecular weight is 288 g/mol. The van der Waals surface area contributed by atoms with Crippen molar-refractivity contribution < 1.29 is 19.4 Å². The van der Waals surface area contributed by atoms with Gasteiger partial charge in [-0.05, 0) is 6.92 Å². The van der Waals surface area contributed by atoms with Crippen LogP contribution in [0.3, 0.4) is 0 Å². The Labute approximate surface area is 115 Å². The highest BCUT2D eigenvalue weighted by molar-refractivity contribution is 6.32. The summed E-state index contributed by atoms with van der Waals surface area (Å²) < 4.78 is 10.3. The van der Waals surface area contributed by atoms with E-state index in [9.17, 15) is 4.79 Å². The highest BCUT2D eigenvalue weighted by atomic mass is 35.5. The molecule has 1 fully saturated rings. The number of ether oxygens (including phenoxy) is 2. The van der Waals surface area contributed by atoms with Crippen LogP contribution < -0.4 is 9.64 Å². The molecule has 19 heavy (non-hydrogen) atoms. The molecular formula is C11H14ClN3O4. The largest absolute Gasteiger partial charge is 0.480 e. The molecule has 0 unspecified atom stereocenters. The highest BCUT2D eigenvalue weighted by Crippen LogP contribution is 2.33. The number of halogens is 1. The van der Waals surface area contributed by atoms with Crippen molar-refractivity contribution in [3.63, 3.8) is 0 Å². The minimum atomic E-state index is -0.985. The van der Waals surface area contributed by atoms with Crippen molar-refractivity contribution in [3.05, 3.63) is 11.2 Å². The fourth-order valence-electron chi connectivity index (χ4n) is 1.90. The predicted octanol–water partition coefficient (Wildman–Crippen LogP) is 0.819. The Hall–Kier alpha value is -1.60. The van der Waals surface area contributed by atoms with E-state index in [2.05, 4.69) is 9.97 Å². The molecule has 0 saturated carbocycles. The van der Waals surface area contributed by atoms with E-state index in [1.165, 1.54) is 13.3 Å². The maximum absolute atomic E-state index is 10.5. The Balaban J connectivity index is 2.01. The van der Waals surface area contributed by atoms with E-state index in [4.69, 9.17) is 26.2 Å². The fraction of sp³-hybridized carbons (Fsp3) is 0.545. The maximum Gasteiger partial charge on any atom is 0.329 e. The third kappa shape index (κ3) is 3.05. The van der Waals surface area contributed by atoms with Gasteiger partial charge in [0.15, 0.2) is 5.82 Å². The standard InChI is InChI=1S/C11H14ClN3O4/c1-11(19-4-8(16)17)5-15(6-11)9-7(12)3-13-10(14-9)18-2/h3H,4-6H2,1-2H3,(H,16,17). The third-order valence-electron chi connectivity index (χ3n) is 2.78. The van der Waals surface area contributed by atoms with Gasteiger partial charge in [0.05, 0.1) is 26.4 Å². The molecule has 0 radical (unpaired) electrons. The minimum absolute atomic E-state index is 0.236. The number of carbonyl (C=O) groups is 1. The lowest BCUT2D eigenvalue weighted by atomic mass is 9.96. The summed E-state index contributed by atoms with van der Waals surface area (Å²) >= 11 is 6.02. The summed E-state index contributed by atoms with van der Waals surface area (Å²) in [6.45, 7) is 2.56. The van der Waals surface area contributed by atoms with Crippen molar-refractivity contribution in [2.45, 2.75) is 12.5 Å². The van der Waals surface area contributed by atoms with Crippen molar-refractivity contribution in [2.75, 3.05) is 31.7 Å². The van der Waals surface area contributed by atoms with E-state index in [-0.39, 0.29) is 12.6 Å². The SMILES string of the molecule is COc1ncc(Cl)c(N2CC(C)(OCC(=O)O)C2)n1. The number of anilines is 1. The van der Waals surface area contributed by atoms with E-state index in [0.29, 0.717) is 23.9 Å². The molecule has 0 atom stereocenters. The van der Waals surface area contributed by atoms with Crippen LogP contribution in [0, 0.1) is 0 Å². The van der Waals surface area contributed by atoms with Crippen LogP contribution in [0.5, 0.6) is 6.01 Å². The van der Waals surface area contributed by atoms with Crippen LogP contribution in [0.25, 0.3) is 0 Å². The molecule has 8 heteroatoms. The number of aromatic nitrogens is 2. The molecule has 0 amide bonds. The van der Waals surface area contributed by atoms with Gasteiger partial charge in [-0.25, -0.2) is 9.78 Å². The van der Waals surface area contributed by atoms with Crippen molar-refractivity contribution in [1.29, 1.82) is 0 Å². The van der Waals surface area contributed by atoms with Gasteiger partial charge >= 0.3 is 12.0 Å². The summed E-state index contributed by atoms with van der Waals surface area (Å²) in [5.74, 6) is -0.425. The van der Waals surface area contributed by atoms with Crippen LogP contribution >= 0.6 is 11.6 Å². The molecule has 7 nitrogen and oxygen atoms in total. The van der Waals surface area contributed by atoms with Crippen LogP contribution in [-0.4, -0.2) is 53.5 Å². The monoisotopic (exact) mass is 287 g/mol. The second-order valence-electron chi connectivity index (χ2n) is 4.52. The van der Waals surface area contributed by atoms with E-state index in [0.717, 1.165) is 0 Å². The number of rotatable bonds is 5. The number of hydrogen-bond acceptors (Lipinski definition) is 6. The fourth-order valence-corrected chi connectivity index (χ4v) is 2.11. The number of carboxylic acid groups (broad SMARTS) is 1. The summed E-state index contributed by atoms with van der Waals surface area (Å²) in [4.78, 5) is 20.4. The number of nitrogens with zero attached hydrogens (tertiary/aromatic N) is 3. The van der Waals surface area contributed by atoms with E-state index >= 15 is 0 Å². The van der Waals surface area contributed by atoms with Gasteiger partial charge in [-0.1, -0.05) is 11.6 Å². The second kappa shape index (κ2) is 5.18. The normalized spacial score (nSPS) is 16.9. The zero-order chi connectivity index (χ0) is 14.0. The molecule has 0 spiro atoms. The molecule has 2 heterocycles. The molecule has 1 aromatic heterocycles. The number of methoxy groups -OCH3 is 1. The van der Waals surface area contributed by atoms with E-state index < -0.39 is 11.6 Å². The maximum atomic E-state index is 10.5. The third-order valence-corrected chi connectivity index (χ3v) is 3.05. The van der Waals surface area contributed by atoms with Gasteiger partial charge in [-0.15, -0.1) is 0 Å². The van der Waals surface area contributed by atoms with Crippen molar-refractivity contribution in [3.8, 4) is 6.01 Å². The Morgan fingerprint density at radius 2 is 2.32 bits per heavy atom. The van der Waals surface area contributed by atoms with Gasteiger partial charge in [0.2, 0.25) is 0 Å².